The van der Waals surface area contributed by atoms with E-state index in [1.165, 1.54) is 12.1 Å². The van der Waals surface area contributed by atoms with Gasteiger partial charge in [-0.05, 0) is 17.7 Å². The van der Waals surface area contributed by atoms with E-state index in [9.17, 15) is 14.3 Å². The molecule has 1 aromatic rings. The predicted octanol–water partition coefficient (Wildman–Crippen LogP) is 0.290. The van der Waals surface area contributed by atoms with Crippen LogP contribution in [-0.2, 0) is 20.7 Å². The summed E-state index contributed by atoms with van der Waals surface area (Å²) in [5.74, 6) is -0.233. The zero-order valence-corrected chi connectivity index (χ0v) is 14.3. The lowest BCUT2D eigenvalue weighted by atomic mass is 9.93. The minimum absolute atomic E-state index is 0.0720. The average Bonchev–Trinajstić information content (AvgIpc) is 2.63. The van der Waals surface area contributed by atoms with Gasteiger partial charge in [0, 0.05) is 32.6 Å². The summed E-state index contributed by atoms with van der Waals surface area (Å²) in [6.07, 6.45) is 0.406. The summed E-state index contributed by atoms with van der Waals surface area (Å²) in [6, 6.07) is 6.32. The fourth-order valence-electron chi connectivity index (χ4n) is 3.44. The third kappa shape index (κ3) is 4.76. The molecule has 0 radical (unpaired) electrons. The standard InChI is InChI=1S/C18H25FN2O4/c19-16-3-1-2-15(10-16)11-18(14-22)13-20(4-9-25-18)12-17(23)21-5-7-24-8-6-21/h1-3,10,22H,4-9,11-14H2/t18-/m0/s1. The van der Waals surface area contributed by atoms with Crippen LogP contribution in [0.4, 0.5) is 4.39 Å². The molecular weight excluding hydrogens is 327 g/mol. The van der Waals surface area contributed by atoms with E-state index in [1.54, 1.807) is 6.07 Å². The van der Waals surface area contributed by atoms with Gasteiger partial charge in [0.2, 0.25) is 5.91 Å². The Morgan fingerprint density at radius 3 is 2.76 bits per heavy atom. The van der Waals surface area contributed by atoms with Crippen LogP contribution in [0.5, 0.6) is 0 Å². The van der Waals surface area contributed by atoms with Gasteiger partial charge >= 0.3 is 0 Å². The Kier molecular flexibility index (Phi) is 6.01. The number of aliphatic hydroxyl groups is 1. The predicted molar refractivity (Wildman–Crippen MR) is 89.7 cm³/mol. The van der Waals surface area contributed by atoms with E-state index in [4.69, 9.17) is 9.47 Å². The molecule has 0 saturated carbocycles. The van der Waals surface area contributed by atoms with Crippen LogP contribution in [0, 0.1) is 5.82 Å². The minimum atomic E-state index is -0.808. The van der Waals surface area contributed by atoms with Crippen molar-refractivity contribution in [2.45, 2.75) is 12.0 Å². The third-order valence-corrected chi connectivity index (χ3v) is 4.75. The molecule has 25 heavy (non-hydrogen) atoms. The average molecular weight is 352 g/mol. The molecular formula is C18H25FN2O4. The number of ether oxygens (including phenoxy) is 2. The number of rotatable bonds is 5. The highest BCUT2D eigenvalue weighted by molar-refractivity contribution is 5.78. The molecule has 0 spiro atoms. The molecule has 0 bridgehead atoms. The van der Waals surface area contributed by atoms with Gasteiger partial charge in [0.1, 0.15) is 11.4 Å². The van der Waals surface area contributed by atoms with Gasteiger partial charge in [-0.15, -0.1) is 0 Å². The fourth-order valence-corrected chi connectivity index (χ4v) is 3.44. The number of hydrogen-bond donors (Lipinski definition) is 1. The van der Waals surface area contributed by atoms with Gasteiger partial charge in [0.05, 0.1) is 33.0 Å². The lowest BCUT2D eigenvalue weighted by Gasteiger charge is -2.42. The van der Waals surface area contributed by atoms with Crippen LogP contribution in [0.1, 0.15) is 5.56 Å². The van der Waals surface area contributed by atoms with Crippen molar-refractivity contribution in [1.29, 1.82) is 0 Å². The third-order valence-electron chi connectivity index (χ3n) is 4.75. The van der Waals surface area contributed by atoms with Crippen LogP contribution in [0.25, 0.3) is 0 Å². The van der Waals surface area contributed by atoms with Crippen LogP contribution >= 0.6 is 0 Å². The summed E-state index contributed by atoms with van der Waals surface area (Å²) in [6.45, 7) is 4.04. The molecule has 7 heteroatoms. The van der Waals surface area contributed by atoms with Crippen molar-refractivity contribution in [3.8, 4) is 0 Å². The number of benzene rings is 1. The van der Waals surface area contributed by atoms with E-state index in [0.29, 0.717) is 59.0 Å². The molecule has 1 N–H and O–H groups in total. The van der Waals surface area contributed by atoms with Crippen LogP contribution < -0.4 is 0 Å². The first-order valence-electron chi connectivity index (χ1n) is 8.67. The van der Waals surface area contributed by atoms with Gasteiger partial charge < -0.3 is 19.5 Å². The molecule has 1 aromatic carbocycles. The van der Waals surface area contributed by atoms with Gasteiger partial charge in [0.15, 0.2) is 0 Å². The maximum atomic E-state index is 13.4. The number of aliphatic hydroxyl groups excluding tert-OH is 1. The normalized spacial score (nSPS) is 25.1. The summed E-state index contributed by atoms with van der Waals surface area (Å²) in [7, 11) is 0. The van der Waals surface area contributed by atoms with Gasteiger partial charge in [0.25, 0.3) is 0 Å². The largest absolute Gasteiger partial charge is 0.393 e. The van der Waals surface area contributed by atoms with Crippen molar-refractivity contribution < 1.29 is 23.8 Å². The molecule has 1 amide bonds. The van der Waals surface area contributed by atoms with Crippen molar-refractivity contribution in [2.24, 2.45) is 0 Å². The summed E-state index contributed by atoms with van der Waals surface area (Å²) >= 11 is 0. The van der Waals surface area contributed by atoms with Crippen LogP contribution in [0.2, 0.25) is 0 Å². The van der Waals surface area contributed by atoms with E-state index in [2.05, 4.69) is 0 Å². The number of amides is 1. The number of nitrogens with zero attached hydrogens (tertiary/aromatic N) is 2. The summed E-state index contributed by atoms with van der Waals surface area (Å²) < 4.78 is 24.6. The molecule has 2 fully saturated rings. The van der Waals surface area contributed by atoms with E-state index >= 15 is 0 Å². The summed E-state index contributed by atoms with van der Waals surface area (Å²) in [4.78, 5) is 16.3. The van der Waals surface area contributed by atoms with Crippen LogP contribution in [0.3, 0.4) is 0 Å². The molecule has 0 aromatic heterocycles. The molecule has 2 saturated heterocycles. The molecule has 2 aliphatic rings. The Morgan fingerprint density at radius 2 is 2.04 bits per heavy atom. The van der Waals surface area contributed by atoms with E-state index < -0.39 is 5.60 Å². The molecule has 3 rings (SSSR count). The molecule has 0 aliphatic carbocycles. The smallest absolute Gasteiger partial charge is 0.236 e. The molecule has 6 nitrogen and oxygen atoms in total. The first-order chi connectivity index (χ1) is 12.1. The number of carbonyl (C=O) groups excluding carboxylic acids is 1. The molecule has 2 aliphatic heterocycles. The van der Waals surface area contributed by atoms with Gasteiger partial charge in [-0.3, -0.25) is 9.69 Å². The molecule has 138 valence electrons. The highest BCUT2D eigenvalue weighted by atomic mass is 19.1. The lowest BCUT2D eigenvalue weighted by molar-refractivity contribution is -0.149. The minimum Gasteiger partial charge on any atom is -0.393 e. The number of carbonyl (C=O) groups is 1. The van der Waals surface area contributed by atoms with Crippen LogP contribution in [-0.4, -0.2) is 85.6 Å². The number of halogens is 1. The van der Waals surface area contributed by atoms with Crippen LogP contribution in [0.15, 0.2) is 24.3 Å². The SMILES string of the molecule is O=C(CN1CCO[C@@](CO)(Cc2cccc(F)c2)C1)N1CCOCC1. The Hall–Kier alpha value is -1.54. The monoisotopic (exact) mass is 352 g/mol. The van der Waals surface area contributed by atoms with E-state index in [-0.39, 0.29) is 18.3 Å². The highest BCUT2D eigenvalue weighted by Gasteiger charge is 2.37. The maximum absolute atomic E-state index is 13.4. The fraction of sp³-hybridized carbons (Fsp3) is 0.611. The molecule has 1 atom stereocenters. The first-order valence-corrected chi connectivity index (χ1v) is 8.67. The summed E-state index contributed by atoms with van der Waals surface area (Å²) in [5, 5.41) is 9.92. The zero-order valence-electron chi connectivity index (χ0n) is 14.3. The Labute approximate surface area is 147 Å². The number of morpholine rings is 2. The second-order valence-electron chi connectivity index (χ2n) is 6.70. The Balaban J connectivity index is 1.62. The lowest BCUT2D eigenvalue weighted by Crippen LogP contribution is -2.57. The zero-order chi connectivity index (χ0) is 17.7. The molecule has 2 heterocycles. The van der Waals surface area contributed by atoms with Crippen molar-refractivity contribution >= 4 is 5.91 Å². The Bertz CT molecular complexity index is 594. The van der Waals surface area contributed by atoms with Gasteiger partial charge in [-0.1, -0.05) is 12.1 Å². The van der Waals surface area contributed by atoms with Gasteiger partial charge in [-0.2, -0.15) is 0 Å². The van der Waals surface area contributed by atoms with Crippen molar-refractivity contribution in [3.05, 3.63) is 35.6 Å². The Morgan fingerprint density at radius 1 is 1.24 bits per heavy atom. The highest BCUT2D eigenvalue weighted by Crippen LogP contribution is 2.23. The van der Waals surface area contributed by atoms with E-state index in [1.807, 2.05) is 15.9 Å². The quantitative estimate of drug-likeness (QED) is 0.825. The van der Waals surface area contributed by atoms with E-state index in [0.717, 1.165) is 5.56 Å². The first kappa shape index (κ1) is 18.3. The van der Waals surface area contributed by atoms with Crippen molar-refractivity contribution in [3.63, 3.8) is 0 Å². The molecule has 0 unspecified atom stereocenters. The second-order valence-corrected chi connectivity index (χ2v) is 6.70. The van der Waals surface area contributed by atoms with Crippen molar-refractivity contribution in [1.82, 2.24) is 9.80 Å². The number of hydrogen-bond acceptors (Lipinski definition) is 5. The maximum Gasteiger partial charge on any atom is 0.236 e. The van der Waals surface area contributed by atoms with Crippen molar-refractivity contribution in [2.75, 3.05) is 59.2 Å². The topological polar surface area (TPSA) is 62.2 Å². The summed E-state index contributed by atoms with van der Waals surface area (Å²) in [5.41, 5.74) is -0.0347. The second kappa shape index (κ2) is 8.23. The van der Waals surface area contributed by atoms with Gasteiger partial charge in [-0.25, -0.2) is 4.39 Å².